The van der Waals surface area contributed by atoms with E-state index in [1.54, 1.807) is 6.07 Å². The Morgan fingerprint density at radius 3 is 2.55 bits per heavy atom. The molecule has 0 aromatic heterocycles. The second-order valence-corrected chi connectivity index (χ2v) is 8.11. The first-order chi connectivity index (χ1) is 13.8. The van der Waals surface area contributed by atoms with Crippen LogP contribution in [-0.4, -0.2) is 39.0 Å². The van der Waals surface area contributed by atoms with E-state index in [0.717, 1.165) is 16.7 Å². The van der Waals surface area contributed by atoms with Crippen molar-refractivity contribution in [3.63, 3.8) is 0 Å². The zero-order valence-corrected chi connectivity index (χ0v) is 16.6. The lowest BCUT2D eigenvalue weighted by Crippen LogP contribution is -2.37. The van der Waals surface area contributed by atoms with Crippen molar-refractivity contribution in [1.82, 2.24) is 0 Å². The third-order valence-electron chi connectivity index (χ3n) is 5.47. The van der Waals surface area contributed by atoms with Gasteiger partial charge < -0.3 is 24.8 Å². The largest absolute Gasteiger partial charge is 0.492 e. The van der Waals surface area contributed by atoms with Crippen LogP contribution in [0.1, 0.15) is 25.5 Å². The Hall–Kier alpha value is -2.80. The van der Waals surface area contributed by atoms with Crippen LogP contribution >= 0.6 is 0 Å². The zero-order chi connectivity index (χ0) is 20.6. The standard InChI is InChI=1S/C22H25FN2O4/c1-22(2)13-28-19-12-15(3-5-16(19)20(22)29-21(24)26)14-4-6-18(17(23)11-14)25-7-9-27-10-8-25/h3-6,11-12,20H,7-10,13H2,1-2H3,(H2,24,26). The maximum atomic E-state index is 14.8. The summed E-state index contributed by atoms with van der Waals surface area (Å²) in [6, 6.07) is 10.8. The summed E-state index contributed by atoms with van der Waals surface area (Å²) >= 11 is 0. The van der Waals surface area contributed by atoms with Crippen molar-refractivity contribution in [3.05, 3.63) is 47.8 Å². The van der Waals surface area contributed by atoms with Crippen molar-refractivity contribution in [3.8, 4) is 16.9 Å². The van der Waals surface area contributed by atoms with Gasteiger partial charge in [-0.1, -0.05) is 32.0 Å². The molecule has 4 rings (SSSR count). The van der Waals surface area contributed by atoms with Crippen LogP contribution in [0.3, 0.4) is 0 Å². The Morgan fingerprint density at radius 1 is 1.17 bits per heavy atom. The third kappa shape index (κ3) is 3.87. The predicted octanol–water partition coefficient (Wildman–Crippen LogP) is 3.88. The molecule has 2 aromatic rings. The van der Waals surface area contributed by atoms with Crippen LogP contribution in [0.2, 0.25) is 0 Å². The molecule has 0 bridgehead atoms. The van der Waals surface area contributed by atoms with Crippen molar-refractivity contribution in [2.45, 2.75) is 20.0 Å². The van der Waals surface area contributed by atoms with E-state index in [0.29, 0.717) is 44.3 Å². The molecule has 0 spiro atoms. The number of nitrogens with zero attached hydrogens (tertiary/aromatic N) is 1. The number of morpholine rings is 1. The molecular weight excluding hydrogens is 375 g/mol. The summed E-state index contributed by atoms with van der Waals surface area (Å²) in [5.41, 5.74) is 7.78. The summed E-state index contributed by atoms with van der Waals surface area (Å²) in [4.78, 5) is 13.4. The summed E-state index contributed by atoms with van der Waals surface area (Å²) < 4.78 is 31.4. The Bertz CT molecular complexity index is 925. The number of fused-ring (bicyclic) bond motifs is 1. The fraction of sp³-hybridized carbons (Fsp3) is 0.409. The number of amides is 1. The zero-order valence-electron chi connectivity index (χ0n) is 16.6. The molecule has 0 radical (unpaired) electrons. The lowest BCUT2D eigenvalue weighted by atomic mass is 9.80. The van der Waals surface area contributed by atoms with Crippen LogP contribution < -0.4 is 15.4 Å². The normalized spacial score (nSPS) is 20.5. The van der Waals surface area contributed by atoms with Crippen molar-refractivity contribution in [2.24, 2.45) is 11.1 Å². The fourth-order valence-electron chi connectivity index (χ4n) is 3.90. The number of anilines is 1. The number of rotatable bonds is 3. The molecule has 6 nitrogen and oxygen atoms in total. The average Bonchev–Trinajstić information content (AvgIpc) is 2.70. The molecule has 1 saturated heterocycles. The third-order valence-corrected chi connectivity index (χ3v) is 5.47. The minimum Gasteiger partial charge on any atom is -0.492 e. The second kappa shape index (κ2) is 7.55. The Balaban J connectivity index is 1.64. The molecule has 2 aliphatic rings. The molecule has 2 heterocycles. The van der Waals surface area contributed by atoms with Crippen LogP contribution in [0, 0.1) is 11.2 Å². The lowest BCUT2D eigenvalue weighted by molar-refractivity contribution is -0.0176. The van der Waals surface area contributed by atoms with Gasteiger partial charge in [-0.15, -0.1) is 0 Å². The van der Waals surface area contributed by atoms with E-state index in [-0.39, 0.29) is 5.82 Å². The van der Waals surface area contributed by atoms with Gasteiger partial charge >= 0.3 is 6.09 Å². The summed E-state index contributed by atoms with van der Waals surface area (Å²) in [7, 11) is 0. The van der Waals surface area contributed by atoms with E-state index >= 15 is 0 Å². The molecule has 1 atom stereocenters. The second-order valence-electron chi connectivity index (χ2n) is 8.11. The van der Waals surface area contributed by atoms with Crippen molar-refractivity contribution in [2.75, 3.05) is 37.8 Å². The first-order valence-corrected chi connectivity index (χ1v) is 9.70. The van der Waals surface area contributed by atoms with Gasteiger partial charge in [0, 0.05) is 24.1 Å². The highest BCUT2D eigenvalue weighted by Gasteiger charge is 2.40. The number of carbonyl (C=O) groups excluding carboxylic acids is 1. The van der Waals surface area contributed by atoms with E-state index in [9.17, 15) is 9.18 Å². The maximum absolute atomic E-state index is 14.8. The smallest absolute Gasteiger partial charge is 0.405 e. The summed E-state index contributed by atoms with van der Waals surface area (Å²) in [5.74, 6) is 0.352. The molecule has 154 valence electrons. The van der Waals surface area contributed by atoms with Gasteiger partial charge in [0.1, 0.15) is 17.7 Å². The van der Waals surface area contributed by atoms with Gasteiger partial charge in [-0.2, -0.15) is 0 Å². The van der Waals surface area contributed by atoms with Crippen LogP contribution in [0.25, 0.3) is 11.1 Å². The number of carbonyl (C=O) groups is 1. The molecular formula is C22H25FN2O4. The van der Waals surface area contributed by atoms with E-state index in [2.05, 4.69) is 0 Å². The average molecular weight is 400 g/mol. The molecule has 7 heteroatoms. The van der Waals surface area contributed by atoms with E-state index in [1.807, 2.05) is 43.0 Å². The van der Waals surface area contributed by atoms with Crippen molar-refractivity contribution >= 4 is 11.8 Å². The van der Waals surface area contributed by atoms with Crippen LogP contribution in [0.15, 0.2) is 36.4 Å². The molecule has 1 fully saturated rings. The Kier molecular flexibility index (Phi) is 5.08. The molecule has 2 N–H and O–H groups in total. The maximum Gasteiger partial charge on any atom is 0.405 e. The molecule has 0 saturated carbocycles. The highest BCUT2D eigenvalue weighted by molar-refractivity contribution is 5.70. The molecule has 2 aliphatic heterocycles. The van der Waals surface area contributed by atoms with Gasteiger partial charge in [0.2, 0.25) is 0 Å². The van der Waals surface area contributed by atoms with Gasteiger partial charge in [-0.05, 0) is 29.3 Å². The van der Waals surface area contributed by atoms with E-state index in [4.69, 9.17) is 19.9 Å². The quantitative estimate of drug-likeness (QED) is 0.846. The summed E-state index contributed by atoms with van der Waals surface area (Å²) in [6.45, 7) is 6.86. The van der Waals surface area contributed by atoms with Crippen LogP contribution in [0.5, 0.6) is 5.75 Å². The SMILES string of the molecule is CC1(C)COc2cc(-c3ccc(N4CCOCC4)c(F)c3)ccc2C1OC(N)=O. The number of primary amides is 1. The summed E-state index contributed by atoms with van der Waals surface area (Å²) in [6.07, 6.45) is -1.32. The number of ether oxygens (including phenoxy) is 3. The van der Waals surface area contributed by atoms with Crippen molar-refractivity contribution < 1.29 is 23.4 Å². The van der Waals surface area contributed by atoms with Gasteiger partial charge in [-0.25, -0.2) is 9.18 Å². The number of hydrogen-bond donors (Lipinski definition) is 1. The Morgan fingerprint density at radius 2 is 1.86 bits per heavy atom. The highest BCUT2D eigenvalue weighted by atomic mass is 19.1. The molecule has 1 amide bonds. The molecule has 0 aliphatic carbocycles. The topological polar surface area (TPSA) is 74.0 Å². The minimum absolute atomic E-state index is 0.265. The molecule has 2 aromatic carbocycles. The van der Waals surface area contributed by atoms with Gasteiger partial charge in [0.05, 0.1) is 25.5 Å². The minimum atomic E-state index is -0.819. The number of benzene rings is 2. The monoisotopic (exact) mass is 400 g/mol. The van der Waals surface area contributed by atoms with Crippen LogP contribution in [0.4, 0.5) is 14.9 Å². The summed E-state index contributed by atoms with van der Waals surface area (Å²) in [5, 5.41) is 0. The Labute approximate surface area is 169 Å². The first kappa shape index (κ1) is 19.5. The van der Waals surface area contributed by atoms with Gasteiger partial charge in [-0.3, -0.25) is 0 Å². The van der Waals surface area contributed by atoms with Crippen LogP contribution in [-0.2, 0) is 9.47 Å². The van der Waals surface area contributed by atoms with E-state index < -0.39 is 17.6 Å². The van der Waals surface area contributed by atoms with Gasteiger partial charge in [0.15, 0.2) is 0 Å². The van der Waals surface area contributed by atoms with Crippen molar-refractivity contribution in [1.29, 1.82) is 0 Å². The predicted molar refractivity (Wildman–Crippen MR) is 108 cm³/mol. The highest BCUT2D eigenvalue weighted by Crippen LogP contribution is 2.46. The fourth-order valence-corrected chi connectivity index (χ4v) is 3.90. The first-order valence-electron chi connectivity index (χ1n) is 9.70. The number of nitrogens with two attached hydrogens (primary N) is 1. The number of halogens is 1. The molecule has 1 unspecified atom stereocenters. The lowest BCUT2D eigenvalue weighted by Gasteiger charge is -2.38. The molecule has 29 heavy (non-hydrogen) atoms. The number of hydrogen-bond acceptors (Lipinski definition) is 5. The van der Waals surface area contributed by atoms with Gasteiger partial charge in [0.25, 0.3) is 0 Å². The van der Waals surface area contributed by atoms with E-state index in [1.165, 1.54) is 6.07 Å².